The fraction of sp³-hybridized carbons (Fsp3) is 0.286. The highest BCUT2D eigenvalue weighted by Crippen LogP contribution is 2.26. The lowest BCUT2D eigenvalue weighted by Crippen LogP contribution is -2.31. The van der Waals surface area contributed by atoms with E-state index in [1.54, 1.807) is 24.9 Å². The monoisotopic (exact) mass is 461 g/mol. The van der Waals surface area contributed by atoms with Crippen molar-refractivity contribution < 1.29 is 13.2 Å². The van der Waals surface area contributed by atoms with Crippen LogP contribution in [-0.4, -0.2) is 46.5 Å². The van der Waals surface area contributed by atoms with Crippen LogP contribution >= 0.6 is 11.6 Å². The fourth-order valence-electron chi connectivity index (χ4n) is 3.17. The van der Waals surface area contributed by atoms with Crippen LogP contribution in [0.4, 0.5) is 0 Å². The number of halogens is 1. The Bertz CT molecular complexity index is 1140. The summed E-state index contributed by atoms with van der Waals surface area (Å²) in [5, 5.41) is 7.06. The Hall–Kier alpha value is -2.75. The van der Waals surface area contributed by atoms with Gasteiger partial charge in [0, 0.05) is 18.7 Å². The van der Waals surface area contributed by atoms with Gasteiger partial charge in [-0.25, -0.2) is 18.1 Å². The first-order valence-electron chi connectivity index (χ1n) is 9.83. The summed E-state index contributed by atoms with van der Waals surface area (Å²) < 4.78 is 28.7. The van der Waals surface area contributed by atoms with Crippen molar-refractivity contribution in [2.24, 2.45) is 0 Å². The van der Waals surface area contributed by atoms with E-state index in [-0.39, 0.29) is 27.4 Å². The van der Waals surface area contributed by atoms with Crippen LogP contribution in [0.2, 0.25) is 5.02 Å². The highest BCUT2D eigenvalue weighted by atomic mass is 35.5. The Morgan fingerprint density at radius 1 is 1.16 bits per heavy atom. The van der Waals surface area contributed by atoms with Gasteiger partial charge in [0.05, 0.1) is 16.8 Å². The molecule has 164 valence electrons. The van der Waals surface area contributed by atoms with Crippen molar-refractivity contribution in [1.29, 1.82) is 0 Å². The summed E-state index contributed by atoms with van der Waals surface area (Å²) in [5.41, 5.74) is 1.96. The molecule has 0 radical (unpaired) electrons. The maximum Gasteiger partial charge on any atom is 0.251 e. The maximum atomic E-state index is 12.9. The van der Waals surface area contributed by atoms with Gasteiger partial charge in [0.25, 0.3) is 5.91 Å². The minimum absolute atomic E-state index is 0.0737. The first kappa shape index (κ1) is 22.9. The van der Waals surface area contributed by atoms with Gasteiger partial charge in [-0.05, 0) is 42.8 Å². The quantitative estimate of drug-likeness (QED) is 0.554. The zero-order valence-electron chi connectivity index (χ0n) is 17.5. The number of sulfonamides is 1. The smallest absolute Gasteiger partial charge is 0.251 e. The Balaban J connectivity index is 1.79. The van der Waals surface area contributed by atoms with Gasteiger partial charge in [-0.2, -0.15) is 9.40 Å². The van der Waals surface area contributed by atoms with Crippen molar-refractivity contribution in [3.63, 3.8) is 0 Å². The van der Waals surface area contributed by atoms with Crippen molar-refractivity contribution in [2.75, 3.05) is 13.1 Å². The van der Waals surface area contributed by atoms with E-state index in [4.69, 9.17) is 11.6 Å². The van der Waals surface area contributed by atoms with Gasteiger partial charge in [0.15, 0.2) is 0 Å². The van der Waals surface area contributed by atoms with Crippen LogP contribution in [0.15, 0.2) is 60.0 Å². The van der Waals surface area contributed by atoms with Gasteiger partial charge in [0.1, 0.15) is 17.6 Å². The van der Waals surface area contributed by atoms with Crippen molar-refractivity contribution >= 4 is 27.5 Å². The van der Waals surface area contributed by atoms with Gasteiger partial charge >= 0.3 is 0 Å². The Morgan fingerprint density at radius 2 is 1.84 bits per heavy atom. The molecule has 1 heterocycles. The molecule has 10 heteroatoms. The third kappa shape index (κ3) is 4.95. The van der Waals surface area contributed by atoms with Gasteiger partial charge in [-0.1, -0.05) is 37.6 Å². The van der Waals surface area contributed by atoms with Crippen LogP contribution in [0.1, 0.15) is 42.7 Å². The van der Waals surface area contributed by atoms with E-state index in [0.29, 0.717) is 13.1 Å². The number of benzene rings is 2. The molecule has 0 bridgehead atoms. The van der Waals surface area contributed by atoms with Crippen molar-refractivity contribution in [1.82, 2.24) is 24.4 Å². The molecule has 0 aliphatic carbocycles. The van der Waals surface area contributed by atoms with Gasteiger partial charge in [-0.15, -0.1) is 0 Å². The SMILES string of the molecule is CCN(CC)S(=O)(=O)c1cc(C(=O)NC(C)c2ccc(-n3cncn3)cc2)ccc1Cl. The second kappa shape index (κ2) is 9.59. The van der Waals surface area contributed by atoms with Crippen molar-refractivity contribution in [2.45, 2.75) is 31.7 Å². The number of aromatic nitrogens is 3. The molecule has 2 aromatic carbocycles. The molecule has 1 N–H and O–H groups in total. The number of rotatable bonds is 8. The first-order valence-corrected chi connectivity index (χ1v) is 11.6. The normalized spacial score (nSPS) is 12.7. The second-order valence-corrected chi connectivity index (χ2v) is 9.17. The minimum Gasteiger partial charge on any atom is -0.346 e. The largest absolute Gasteiger partial charge is 0.346 e. The number of carbonyl (C=O) groups is 1. The number of hydrogen-bond acceptors (Lipinski definition) is 5. The predicted octanol–water partition coefficient (Wildman–Crippen LogP) is 3.44. The van der Waals surface area contributed by atoms with Crippen LogP contribution in [0.3, 0.4) is 0 Å². The molecule has 0 fully saturated rings. The van der Waals surface area contributed by atoms with Crippen LogP contribution in [-0.2, 0) is 10.0 Å². The summed E-state index contributed by atoms with van der Waals surface area (Å²) in [4.78, 5) is 16.6. The highest BCUT2D eigenvalue weighted by molar-refractivity contribution is 7.89. The lowest BCUT2D eigenvalue weighted by atomic mass is 10.1. The zero-order chi connectivity index (χ0) is 22.6. The van der Waals surface area contributed by atoms with E-state index < -0.39 is 10.0 Å². The Morgan fingerprint density at radius 3 is 2.42 bits per heavy atom. The van der Waals surface area contributed by atoms with E-state index in [9.17, 15) is 13.2 Å². The number of nitrogens with one attached hydrogen (secondary N) is 1. The summed E-state index contributed by atoms with van der Waals surface area (Å²) in [7, 11) is -3.79. The molecule has 3 rings (SSSR count). The van der Waals surface area contributed by atoms with E-state index in [1.807, 2.05) is 31.2 Å². The van der Waals surface area contributed by atoms with E-state index in [2.05, 4.69) is 15.4 Å². The molecule has 3 aromatic rings. The molecule has 1 unspecified atom stereocenters. The molecule has 0 spiro atoms. The zero-order valence-corrected chi connectivity index (χ0v) is 19.1. The highest BCUT2D eigenvalue weighted by Gasteiger charge is 2.26. The summed E-state index contributed by atoms with van der Waals surface area (Å²) >= 11 is 6.15. The topological polar surface area (TPSA) is 97.2 Å². The van der Waals surface area contributed by atoms with Crippen LogP contribution in [0, 0.1) is 0 Å². The fourth-order valence-corrected chi connectivity index (χ4v) is 5.12. The van der Waals surface area contributed by atoms with Crippen LogP contribution in [0.25, 0.3) is 5.69 Å². The Labute approximate surface area is 186 Å². The molecule has 1 amide bonds. The lowest BCUT2D eigenvalue weighted by molar-refractivity contribution is 0.0939. The van der Waals surface area contributed by atoms with E-state index >= 15 is 0 Å². The van der Waals surface area contributed by atoms with E-state index in [1.165, 1.54) is 28.8 Å². The average molecular weight is 462 g/mol. The number of hydrogen-bond donors (Lipinski definition) is 1. The van der Waals surface area contributed by atoms with Crippen molar-refractivity contribution in [3.05, 3.63) is 71.3 Å². The minimum atomic E-state index is -3.79. The second-order valence-electron chi connectivity index (χ2n) is 6.86. The molecular formula is C21H24ClN5O3S. The third-order valence-electron chi connectivity index (χ3n) is 4.94. The molecule has 0 aliphatic rings. The maximum absolute atomic E-state index is 12.9. The molecule has 8 nitrogen and oxygen atoms in total. The Kier molecular flexibility index (Phi) is 7.09. The molecule has 0 aliphatic heterocycles. The molecule has 31 heavy (non-hydrogen) atoms. The predicted molar refractivity (Wildman–Crippen MR) is 119 cm³/mol. The third-order valence-corrected chi connectivity index (χ3v) is 7.47. The van der Waals surface area contributed by atoms with Gasteiger partial charge < -0.3 is 5.32 Å². The molecule has 1 atom stereocenters. The number of amides is 1. The molecule has 0 saturated carbocycles. The molecule has 0 saturated heterocycles. The number of nitrogens with zero attached hydrogens (tertiary/aromatic N) is 4. The lowest BCUT2D eigenvalue weighted by Gasteiger charge is -2.20. The van der Waals surface area contributed by atoms with E-state index in [0.717, 1.165) is 11.3 Å². The van der Waals surface area contributed by atoms with Gasteiger partial charge in [-0.3, -0.25) is 4.79 Å². The standard InChI is InChI=1S/C21H24ClN5O3S/c1-4-26(5-2)31(29,30)20-12-17(8-11-19(20)22)21(28)25-15(3)16-6-9-18(10-7-16)27-14-23-13-24-27/h6-15H,4-5H2,1-3H3,(H,25,28). The summed E-state index contributed by atoms with van der Waals surface area (Å²) in [6, 6.07) is 11.5. The van der Waals surface area contributed by atoms with Crippen LogP contribution in [0.5, 0.6) is 0 Å². The summed E-state index contributed by atoms with van der Waals surface area (Å²) in [6.07, 6.45) is 3.06. The van der Waals surface area contributed by atoms with Gasteiger partial charge in [0.2, 0.25) is 10.0 Å². The summed E-state index contributed by atoms with van der Waals surface area (Å²) in [6.45, 7) is 5.98. The molecular weight excluding hydrogens is 438 g/mol. The first-order chi connectivity index (χ1) is 14.8. The van der Waals surface area contributed by atoms with Crippen molar-refractivity contribution in [3.8, 4) is 5.69 Å². The molecule has 1 aromatic heterocycles. The van der Waals surface area contributed by atoms with Crippen LogP contribution < -0.4 is 5.32 Å². The number of carbonyl (C=O) groups excluding carboxylic acids is 1. The average Bonchev–Trinajstić information content (AvgIpc) is 3.29. The summed E-state index contributed by atoms with van der Waals surface area (Å²) in [5.74, 6) is -0.388.